The van der Waals surface area contributed by atoms with Gasteiger partial charge in [0.2, 0.25) is 5.91 Å². The maximum atomic E-state index is 12.1. The molecule has 116 valence electrons. The van der Waals surface area contributed by atoms with Gasteiger partial charge in [-0.2, -0.15) is 0 Å². The molecule has 1 N–H and O–H groups in total. The van der Waals surface area contributed by atoms with Crippen molar-refractivity contribution in [3.63, 3.8) is 0 Å². The Morgan fingerprint density at radius 3 is 2.52 bits per heavy atom. The van der Waals surface area contributed by atoms with E-state index < -0.39 is 0 Å². The van der Waals surface area contributed by atoms with Gasteiger partial charge in [-0.3, -0.25) is 9.78 Å². The van der Waals surface area contributed by atoms with Crippen LogP contribution in [0.2, 0.25) is 0 Å². The number of carbonyl (C=O) groups excluding carboxylic acids is 1. The van der Waals surface area contributed by atoms with Gasteiger partial charge in [-0.15, -0.1) is 0 Å². The maximum Gasteiger partial charge on any atom is 0.223 e. The van der Waals surface area contributed by atoms with Crippen molar-refractivity contribution in [1.82, 2.24) is 10.3 Å². The van der Waals surface area contributed by atoms with Gasteiger partial charge in [0.05, 0.1) is 25.0 Å². The van der Waals surface area contributed by atoms with E-state index in [0.29, 0.717) is 5.92 Å². The lowest BCUT2D eigenvalue weighted by molar-refractivity contribution is -0.125. The van der Waals surface area contributed by atoms with Crippen LogP contribution in [0.4, 0.5) is 0 Å². The third-order valence-electron chi connectivity index (χ3n) is 4.26. The fourth-order valence-corrected chi connectivity index (χ4v) is 2.92. The number of nitrogens with one attached hydrogen (secondary N) is 1. The van der Waals surface area contributed by atoms with Gasteiger partial charge in [0, 0.05) is 5.92 Å². The van der Waals surface area contributed by atoms with Gasteiger partial charge in [0.15, 0.2) is 0 Å². The van der Waals surface area contributed by atoms with E-state index in [0.717, 1.165) is 24.3 Å². The zero-order chi connectivity index (χ0) is 15.2. The highest BCUT2D eigenvalue weighted by molar-refractivity contribution is 5.78. The molecule has 1 aliphatic rings. The first-order valence-corrected chi connectivity index (χ1v) is 7.92. The largest absolute Gasteiger partial charge is 0.495 e. The van der Waals surface area contributed by atoms with Crippen molar-refractivity contribution in [2.75, 3.05) is 7.11 Å². The van der Waals surface area contributed by atoms with Crippen molar-refractivity contribution in [3.8, 4) is 5.75 Å². The van der Waals surface area contributed by atoms with Gasteiger partial charge in [0.1, 0.15) is 5.75 Å². The number of pyridine rings is 1. The molecule has 21 heavy (non-hydrogen) atoms. The summed E-state index contributed by atoms with van der Waals surface area (Å²) in [5.74, 6) is 1.33. The van der Waals surface area contributed by atoms with Gasteiger partial charge in [-0.05, 0) is 30.9 Å². The molecule has 2 rings (SSSR count). The zero-order valence-corrected chi connectivity index (χ0v) is 13.3. The third-order valence-corrected chi connectivity index (χ3v) is 4.26. The lowest BCUT2D eigenvalue weighted by Gasteiger charge is -2.31. The molecule has 0 spiro atoms. The van der Waals surface area contributed by atoms with Crippen LogP contribution in [0.5, 0.6) is 5.75 Å². The molecule has 1 aliphatic carbocycles. The number of nitrogens with zero attached hydrogens (tertiary/aromatic N) is 1. The minimum atomic E-state index is -0.00524. The standard InChI is InChI=1S/C17H26N2O2/c1-12(2)17(20)19-16(13-7-5-4-6-8-13)15-10-9-14(21-3)11-18-15/h9-13,16H,4-8H2,1-3H3,(H,19,20). The average molecular weight is 290 g/mol. The number of rotatable bonds is 5. The fraction of sp³-hybridized carbons (Fsp3) is 0.647. The highest BCUT2D eigenvalue weighted by Crippen LogP contribution is 2.34. The van der Waals surface area contributed by atoms with E-state index in [1.807, 2.05) is 26.0 Å². The fourth-order valence-electron chi connectivity index (χ4n) is 2.92. The molecule has 0 aromatic carbocycles. The zero-order valence-electron chi connectivity index (χ0n) is 13.3. The molecule has 4 heteroatoms. The second-order valence-electron chi connectivity index (χ2n) is 6.16. The van der Waals surface area contributed by atoms with E-state index in [1.54, 1.807) is 13.3 Å². The van der Waals surface area contributed by atoms with Gasteiger partial charge >= 0.3 is 0 Å². The van der Waals surface area contributed by atoms with E-state index in [9.17, 15) is 4.79 Å². The summed E-state index contributed by atoms with van der Waals surface area (Å²) in [5, 5.41) is 3.20. The summed E-state index contributed by atoms with van der Waals surface area (Å²) >= 11 is 0. The Labute approximate surface area is 127 Å². The summed E-state index contributed by atoms with van der Waals surface area (Å²) in [6.45, 7) is 3.85. The Bertz CT molecular complexity index is 450. The minimum absolute atomic E-state index is 0.00524. The smallest absolute Gasteiger partial charge is 0.223 e. The number of aromatic nitrogens is 1. The molecule has 0 saturated heterocycles. The molecule has 0 bridgehead atoms. The van der Waals surface area contributed by atoms with Gasteiger partial charge in [-0.1, -0.05) is 33.1 Å². The molecule has 1 unspecified atom stereocenters. The van der Waals surface area contributed by atoms with Crippen molar-refractivity contribution < 1.29 is 9.53 Å². The number of hydrogen-bond acceptors (Lipinski definition) is 3. The van der Waals surface area contributed by atoms with Crippen LogP contribution < -0.4 is 10.1 Å². The summed E-state index contributed by atoms with van der Waals surface area (Å²) in [6.07, 6.45) is 7.85. The molecule has 1 heterocycles. The van der Waals surface area contributed by atoms with Crippen molar-refractivity contribution in [1.29, 1.82) is 0 Å². The number of amides is 1. The number of carbonyl (C=O) groups is 1. The summed E-state index contributed by atoms with van der Waals surface area (Å²) < 4.78 is 5.16. The van der Waals surface area contributed by atoms with Crippen LogP contribution in [0, 0.1) is 11.8 Å². The predicted octanol–water partition coefficient (Wildman–Crippen LogP) is 3.48. The van der Waals surface area contributed by atoms with Gasteiger partial charge in [-0.25, -0.2) is 0 Å². The molecular formula is C17H26N2O2. The number of ether oxygens (including phenoxy) is 1. The molecule has 1 atom stereocenters. The first-order valence-electron chi connectivity index (χ1n) is 7.92. The third kappa shape index (κ3) is 4.19. The van der Waals surface area contributed by atoms with Gasteiger partial charge in [0.25, 0.3) is 0 Å². The number of methoxy groups -OCH3 is 1. The first kappa shape index (κ1) is 15.8. The molecule has 1 aromatic heterocycles. The summed E-state index contributed by atoms with van der Waals surface area (Å²) in [7, 11) is 1.63. The van der Waals surface area contributed by atoms with E-state index in [4.69, 9.17) is 4.74 Å². The van der Waals surface area contributed by atoms with E-state index >= 15 is 0 Å². The Morgan fingerprint density at radius 1 is 1.29 bits per heavy atom. The van der Waals surface area contributed by atoms with Crippen LogP contribution in [0.3, 0.4) is 0 Å². The summed E-state index contributed by atoms with van der Waals surface area (Å²) in [6, 6.07) is 3.91. The van der Waals surface area contributed by atoms with Crippen molar-refractivity contribution in [2.24, 2.45) is 11.8 Å². The van der Waals surface area contributed by atoms with Crippen molar-refractivity contribution >= 4 is 5.91 Å². The maximum absolute atomic E-state index is 12.1. The van der Waals surface area contributed by atoms with Crippen LogP contribution in [0.15, 0.2) is 18.3 Å². The topological polar surface area (TPSA) is 51.2 Å². The van der Waals surface area contributed by atoms with Crippen molar-refractivity contribution in [2.45, 2.75) is 52.0 Å². The Balaban J connectivity index is 2.18. The Morgan fingerprint density at radius 2 is 2.00 bits per heavy atom. The molecule has 1 saturated carbocycles. The van der Waals surface area contributed by atoms with E-state index in [-0.39, 0.29) is 17.9 Å². The molecule has 0 radical (unpaired) electrons. The summed E-state index contributed by atoms with van der Waals surface area (Å²) in [4.78, 5) is 16.6. The van der Waals surface area contributed by atoms with Crippen LogP contribution in [0.25, 0.3) is 0 Å². The second-order valence-corrected chi connectivity index (χ2v) is 6.16. The Hall–Kier alpha value is -1.58. The lowest BCUT2D eigenvalue weighted by Crippen LogP contribution is -2.37. The van der Waals surface area contributed by atoms with Crippen LogP contribution in [0.1, 0.15) is 57.7 Å². The van der Waals surface area contributed by atoms with E-state index in [1.165, 1.54) is 19.3 Å². The van der Waals surface area contributed by atoms with Gasteiger partial charge < -0.3 is 10.1 Å². The first-order chi connectivity index (χ1) is 10.1. The molecule has 1 amide bonds. The second kappa shape index (κ2) is 7.43. The quantitative estimate of drug-likeness (QED) is 0.903. The molecule has 0 aliphatic heterocycles. The molecular weight excluding hydrogens is 264 g/mol. The summed E-state index contributed by atoms with van der Waals surface area (Å²) in [5.41, 5.74) is 0.941. The number of hydrogen-bond donors (Lipinski definition) is 1. The normalized spacial score (nSPS) is 17.5. The van der Waals surface area contributed by atoms with Crippen LogP contribution in [-0.4, -0.2) is 18.0 Å². The highest BCUT2D eigenvalue weighted by Gasteiger charge is 2.28. The monoisotopic (exact) mass is 290 g/mol. The molecule has 4 nitrogen and oxygen atoms in total. The van der Waals surface area contributed by atoms with Crippen molar-refractivity contribution in [3.05, 3.63) is 24.0 Å². The predicted molar refractivity (Wildman–Crippen MR) is 83.1 cm³/mol. The molecule has 1 fully saturated rings. The highest BCUT2D eigenvalue weighted by atomic mass is 16.5. The average Bonchev–Trinajstić information content (AvgIpc) is 2.53. The SMILES string of the molecule is COc1ccc(C(NC(=O)C(C)C)C2CCCCC2)nc1. The van der Waals surface area contributed by atoms with Crippen LogP contribution >= 0.6 is 0 Å². The minimum Gasteiger partial charge on any atom is -0.495 e. The Kier molecular flexibility index (Phi) is 5.59. The van der Waals surface area contributed by atoms with E-state index in [2.05, 4.69) is 10.3 Å². The molecule has 1 aromatic rings. The lowest BCUT2D eigenvalue weighted by atomic mass is 9.82. The van der Waals surface area contributed by atoms with Crippen LogP contribution in [-0.2, 0) is 4.79 Å².